The van der Waals surface area contributed by atoms with Gasteiger partial charge < -0.3 is 4.90 Å². The molecule has 0 radical (unpaired) electrons. The van der Waals surface area contributed by atoms with Crippen molar-refractivity contribution >= 4 is 49.1 Å². The molecule has 2 saturated heterocycles. The summed E-state index contributed by atoms with van der Waals surface area (Å²) < 4.78 is 25.6. The summed E-state index contributed by atoms with van der Waals surface area (Å²) in [6.45, 7) is 2.99. The number of benzene rings is 1. The molecule has 0 bridgehead atoms. The smallest absolute Gasteiger partial charge is 0.222 e. The van der Waals surface area contributed by atoms with Gasteiger partial charge in [-0.1, -0.05) is 23.9 Å². The third-order valence-corrected chi connectivity index (χ3v) is 9.44. The number of sulfone groups is 1. The van der Waals surface area contributed by atoms with Crippen molar-refractivity contribution in [2.45, 2.75) is 29.6 Å². The Kier molecular flexibility index (Phi) is 6.24. The van der Waals surface area contributed by atoms with Gasteiger partial charge in [0.05, 0.1) is 21.7 Å². The number of thiazole rings is 1. The highest BCUT2D eigenvalue weighted by atomic mass is 32.2. The van der Waals surface area contributed by atoms with Crippen LogP contribution in [-0.2, 0) is 14.6 Å². The van der Waals surface area contributed by atoms with Gasteiger partial charge in [-0.25, -0.2) is 13.4 Å². The van der Waals surface area contributed by atoms with E-state index < -0.39 is 9.84 Å². The van der Waals surface area contributed by atoms with Crippen LogP contribution in [0.3, 0.4) is 0 Å². The third-order valence-electron chi connectivity index (χ3n) is 5.43. The van der Waals surface area contributed by atoms with Crippen molar-refractivity contribution in [2.75, 3.05) is 43.4 Å². The highest BCUT2D eigenvalue weighted by molar-refractivity contribution is 8.01. The van der Waals surface area contributed by atoms with E-state index in [2.05, 4.69) is 16.0 Å². The van der Waals surface area contributed by atoms with Crippen molar-refractivity contribution in [3.05, 3.63) is 24.3 Å². The number of para-hydroxylation sites is 1. The molecule has 1 amide bonds. The van der Waals surface area contributed by atoms with Crippen LogP contribution in [-0.4, -0.2) is 78.6 Å². The lowest BCUT2D eigenvalue weighted by molar-refractivity contribution is -0.133. The Morgan fingerprint density at radius 2 is 2.00 bits per heavy atom. The van der Waals surface area contributed by atoms with Crippen LogP contribution in [0, 0.1) is 0 Å². The number of fused-ring (bicyclic) bond motifs is 1. The molecule has 1 unspecified atom stereocenters. The van der Waals surface area contributed by atoms with Crippen LogP contribution in [0.5, 0.6) is 0 Å². The van der Waals surface area contributed by atoms with Gasteiger partial charge in [-0.2, -0.15) is 0 Å². The normalized spacial score (nSPS) is 22.7. The molecule has 9 heteroatoms. The zero-order valence-corrected chi connectivity index (χ0v) is 18.2. The maximum Gasteiger partial charge on any atom is 0.222 e. The number of aromatic nitrogens is 1. The van der Waals surface area contributed by atoms with Gasteiger partial charge in [-0.05, 0) is 25.0 Å². The number of nitrogens with zero attached hydrogens (tertiary/aromatic N) is 3. The van der Waals surface area contributed by atoms with Crippen molar-refractivity contribution in [2.24, 2.45) is 0 Å². The fourth-order valence-corrected chi connectivity index (χ4v) is 7.69. The van der Waals surface area contributed by atoms with Crippen molar-refractivity contribution < 1.29 is 13.2 Å². The molecule has 4 rings (SSSR count). The first-order chi connectivity index (χ1) is 13.5. The molecule has 1 aromatic heterocycles. The summed E-state index contributed by atoms with van der Waals surface area (Å²) in [4.78, 5) is 21.3. The monoisotopic (exact) mass is 439 g/mol. The molecule has 2 aromatic rings. The number of carbonyl (C=O) groups excluding carboxylic acids is 1. The molecule has 0 aliphatic carbocycles. The highest BCUT2D eigenvalue weighted by Gasteiger charge is 2.34. The van der Waals surface area contributed by atoms with Gasteiger partial charge in [-0.15, -0.1) is 11.3 Å². The summed E-state index contributed by atoms with van der Waals surface area (Å²) >= 11 is 3.43. The molecule has 0 spiro atoms. The number of carbonyl (C=O) groups is 1. The van der Waals surface area contributed by atoms with E-state index in [4.69, 9.17) is 0 Å². The number of piperazine rings is 1. The summed E-state index contributed by atoms with van der Waals surface area (Å²) in [6, 6.07) is 8.29. The molecule has 2 aliphatic heterocycles. The number of thioether (sulfide) groups is 1. The molecule has 3 heterocycles. The number of hydrogen-bond acceptors (Lipinski definition) is 7. The second-order valence-corrected chi connectivity index (χ2v) is 12.0. The Hall–Kier alpha value is -1.16. The Labute approximate surface area is 174 Å². The molecule has 0 saturated carbocycles. The molecular formula is C19H25N3O3S3. The zero-order valence-electron chi connectivity index (χ0n) is 15.7. The van der Waals surface area contributed by atoms with Crippen molar-refractivity contribution in [1.82, 2.24) is 14.8 Å². The molecule has 28 heavy (non-hydrogen) atoms. The molecule has 6 nitrogen and oxygen atoms in total. The fourth-order valence-electron chi connectivity index (χ4n) is 3.85. The van der Waals surface area contributed by atoms with Gasteiger partial charge in [0.25, 0.3) is 0 Å². The molecule has 152 valence electrons. The highest BCUT2D eigenvalue weighted by Crippen LogP contribution is 2.29. The Balaban J connectivity index is 1.17. The Bertz CT molecular complexity index is 903. The predicted molar refractivity (Wildman–Crippen MR) is 115 cm³/mol. The van der Waals surface area contributed by atoms with E-state index in [0.29, 0.717) is 25.3 Å². The number of amides is 1. The predicted octanol–water partition coefficient (Wildman–Crippen LogP) is 2.50. The summed E-state index contributed by atoms with van der Waals surface area (Å²) in [6.07, 6.45) is 2.15. The van der Waals surface area contributed by atoms with Gasteiger partial charge >= 0.3 is 0 Å². The van der Waals surface area contributed by atoms with Crippen LogP contribution in [0.25, 0.3) is 10.2 Å². The first-order valence-electron chi connectivity index (χ1n) is 9.71. The lowest BCUT2D eigenvalue weighted by Crippen LogP contribution is -2.52. The summed E-state index contributed by atoms with van der Waals surface area (Å²) in [5.41, 5.74) is 1.04. The average molecular weight is 440 g/mol. The lowest BCUT2D eigenvalue weighted by Gasteiger charge is -2.37. The second kappa shape index (κ2) is 8.69. The van der Waals surface area contributed by atoms with Crippen LogP contribution in [0.1, 0.15) is 19.3 Å². The molecular weight excluding hydrogens is 414 g/mol. The van der Waals surface area contributed by atoms with Crippen LogP contribution >= 0.6 is 23.1 Å². The maximum atomic E-state index is 12.5. The van der Waals surface area contributed by atoms with E-state index in [1.54, 1.807) is 23.1 Å². The second-order valence-electron chi connectivity index (χ2n) is 7.37. The number of hydrogen-bond donors (Lipinski definition) is 0. The first-order valence-corrected chi connectivity index (χ1v) is 13.3. The van der Waals surface area contributed by atoms with Crippen LogP contribution in [0.2, 0.25) is 0 Å². The van der Waals surface area contributed by atoms with Gasteiger partial charge in [0.2, 0.25) is 5.91 Å². The maximum absolute atomic E-state index is 12.5. The quantitative estimate of drug-likeness (QED) is 0.509. The molecule has 1 atom stereocenters. The molecule has 2 fully saturated rings. The average Bonchev–Trinajstić information content (AvgIpc) is 3.27. The summed E-state index contributed by atoms with van der Waals surface area (Å²) in [5.74, 6) is 1.70. The summed E-state index contributed by atoms with van der Waals surface area (Å²) in [7, 11) is -2.85. The SMILES string of the molecule is O=C(CCCSc1nc2ccccc2s1)N1CCN(C2CCS(=O)(=O)C2)CC1. The minimum Gasteiger partial charge on any atom is -0.340 e. The third kappa shape index (κ3) is 4.87. The van der Waals surface area contributed by atoms with E-state index in [-0.39, 0.29) is 17.7 Å². The minimum atomic E-state index is -2.85. The largest absolute Gasteiger partial charge is 0.340 e. The van der Waals surface area contributed by atoms with E-state index >= 15 is 0 Å². The van der Waals surface area contributed by atoms with Crippen LogP contribution < -0.4 is 0 Å². The van der Waals surface area contributed by atoms with Gasteiger partial charge in [0.15, 0.2) is 14.2 Å². The zero-order chi connectivity index (χ0) is 19.6. The first kappa shape index (κ1) is 20.1. The minimum absolute atomic E-state index is 0.146. The van der Waals surface area contributed by atoms with Crippen LogP contribution in [0.4, 0.5) is 0 Å². The van der Waals surface area contributed by atoms with Crippen LogP contribution in [0.15, 0.2) is 28.6 Å². The van der Waals surface area contributed by atoms with Gasteiger partial charge in [0.1, 0.15) is 0 Å². The number of rotatable bonds is 6. The molecule has 1 aromatic carbocycles. The van der Waals surface area contributed by atoms with E-state index in [9.17, 15) is 13.2 Å². The van der Waals surface area contributed by atoms with Gasteiger partial charge in [-0.3, -0.25) is 9.69 Å². The molecule has 0 N–H and O–H groups in total. The standard InChI is InChI=1S/C19H25N3O3S3/c23-18(6-3-12-26-19-20-16-4-1-2-5-17(16)27-19)22-10-8-21(9-11-22)15-7-13-28(24,25)14-15/h1-2,4-5,15H,3,6-14H2. The van der Waals surface area contributed by atoms with Gasteiger partial charge in [0, 0.05) is 44.4 Å². The molecule has 2 aliphatic rings. The van der Waals surface area contributed by atoms with E-state index in [0.717, 1.165) is 41.5 Å². The van der Waals surface area contributed by atoms with Crippen molar-refractivity contribution in [3.8, 4) is 0 Å². The fraction of sp³-hybridized carbons (Fsp3) is 0.579. The van der Waals surface area contributed by atoms with E-state index in [1.807, 2.05) is 23.1 Å². The Morgan fingerprint density at radius 3 is 2.71 bits per heavy atom. The Morgan fingerprint density at radius 1 is 1.21 bits per heavy atom. The summed E-state index contributed by atoms with van der Waals surface area (Å²) in [5, 5.41) is 0. The lowest BCUT2D eigenvalue weighted by atomic mass is 10.2. The van der Waals surface area contributed by atoms with E-state index in [1.165, 1.54) is 4.70 Å². The van der Waals surface area contributed by atoms with Crippen molar-refractivity contribution in [3.63, 3.8) is 0 Å². The van der Waals surface area contributed by atoms with Crippen molar-refractivity contribution in [1.29, 1.82) is 0 Å². The topological polar surface area (TPSA) is 70.6 Å².